The molecule has 7 nitrogen and oxygen atoms in total. The van der Waals surface area contributed by atoms with Gasteiger partial charge in [-0.25, -0.2) is 9.18 Å². The number of rotatable bonds is 7. The minimum absolute atomic E-state index is 0.0524. The number of amides is 2. The zero-order chi connectivity index (χ0) is 24.1. The van der Waals surface area contributed by atoms with Crippen LogP contribution in [0.1, 0.15) is 25.3 Å². The molecule has 34 heavy (non-hydrogen) atoms. The first-order chi connectivity index (χ1) is 16.4. The Hall–Kier alpha value is -3.60. The first-order valence-corrected chi connectivity index (χ1v) is 11.6. The van der Waals surface area contributed by atoms with Crippen LogP contribution in [0.4, 0.5) is 20.6 Å². The molecule has 8 heteroatoms. The second-order valence-electron chi connectivity index (χ2n) is 8.94. The zero-order valence-corrected chi connectivity index (χ0v) is 19.2. The summed E-state index contributed by atoms with van der Waals surface area (Å²) in [5, 5.41) is 12.3. The molecular formula is C26H29FN4O3. The van der Waals surface area contributed by atoms with Gasteiger partial charge in [0.15, 0.2) is 0 Å². The molecule has 1 unspecified atom stereocenters. The number of halogens is 1. The fraction of sp³-hybridized carbons (Fsp3) is 0.423. The molecule has 2 aliphatic rings. The average Bonchev–Trinajstić information content (AvgIpc) is 3.22. The van der Waals surface area contributed by atoms with Gasteiger partial charge in [-0.2, -0.15) is 5.26 Å². The van der Waals surface area contributed by atoms with Gasteiger partial charge in [0.1, 0.15) is 11.9 Å². The second-order valence-corrected chi connectivity index (χ2v) is 8.94. The molecule has 2 saturated heterocycles. The monoisotopic (exact) mass is 464 g/mol. The third-order valence-electron chi connectivity index (χ3n) is 6.61. The lowest BCUT2D eigenvalue weighted by Crippen LogP contribution is -2.37. The van der Waals surface area contributed by atoms with Crippen LogP contribution in [0.3, 0.4) is 0 Å². The number of cyclic esters (lactones) is 1. The number of carbonyl (C=O) groups excluding carboxylic acids is 2. The summed E-state index contributed by atoms with van der Waals surface area (Å²) in [5.74, 6) is -0.364. The second kappa shape index (κ2) is 10.6. The van der Waals surface area contributed by atoms with Crippen molar-refractivity contribution in [3.63, 3.8) is 0 Å². The summed E-state index contributed by atoms with van der Waals surface area (Å²) in [6.07, 6.45) is 1.37. The molecule has 4 rings (SSSR count). The maximum Gasteiger partial charge on any atom is 0.414 e. The van der Waals surface area contributed by atoms with Gasteiger partial charge in [-0.1, -0.05) is 30.3 Å². The van der Waals surface area contributed by atoms with Crippen LogP contribution in [-0.4, -0.2) is 44.3 Å². The highest BCUT2D eigenvalue weighted by atomic mass is 19.1. The molecule has 2 aliphatic heterocycles. The van der Waals surface area contributed by atoms with Crippen molar-refractivity contribution in [2.75, 3.05) is 36.0 Å². The molecule has 0 bridgehead atoms. The fourth-order valence-corrected chi connectivity index (χ4v) is 4.74. The summed E-state index contributed by atoms with van der Waals surface area (Å²) >= 11 is 0. The summed E-state index contributed by atoms with van der Waals surface area (Å²) in [4.78, 5) is 26.7. The minimum Gasteiger partial charge on any atom is -0.442 e. The zero-order valence-electron chi connectivity index (χ0n) is 19.2. The standard InChI is InChI=1S/C26H29FN4O3/c1-18(32)29-16-23-17-31(26(33)34-23)22-7-8-25(24(27)14-22)30-11-9-20(10-12-30)21(15-28)13-19-5-3-2-4-6-19/h2-8,14,20-21,23H,9-13,16-17H2,1H3,(H,29,32)/t21?,23-/m0/s1. The summed E-state index contributed by atoms with van der Waals surface area (Å²) in [7, 11) is 0. The Kier molecular flexibility index (Phi) is 7.31. The summed E-state index contributed by atoms with van der Waals surface area (Å²) < 4.78 is 20.3. The Labute approximate surface area is 199 Å². The molecule has 2 amide bonds. The van der Waals surface area contributed by atoms with Crippen molar-refractivity contribution in [2.45, 2.75) is 32.3 Å². The predicted octanol–water partition coefficient (Wildman–Crippen LogP) is 3.89. The number of hydrogen-bond acceptors (Lipinski definition) is 5. The SMILES string of the molecule is CC(=O)NC[C@H]1CN(c2ccc(N3CCC(C(C#N)Cc4ccccc4)CC3)c(F)c2)C(=O)O1. The van der Waals surface area contributed by atoms with Gasteiger partial charge < -0.3 is 15.0 Å². The van der Waals surface area contributed by atoms with Gasteiger partial charge in [-0.3, -0.25) is 9.69 Å². The Morgan fingerprint density at radius 1 is 1.24 bits per heavy atom. The van der Waals surface area contributed by atoms with Crippen molar-refractivity contribution in [3.05, 3.63) is 59.9 Å². The van der Waals surface area contributed by atoms with Gasteiger partial charge >= 0.3 is 6.09 Å². The highest BCUT2D eigenvalue weighted by Gasteiger charge is 2.33. The van der Waals surface area contributed by atoms with E-state index in [1.165, 1.54) is 17.9 Å². The van der Waals surface area contributed by atoms with Crippen LogP contribution in [0.25, 0.3) is 0 Å². The summed E-state index contributed by atoms with van der Waals surface area (Å²) in [6.45, 7) is 3.23. The Bertz CT molecular complexity index is 1060. The van der Waals surface area contributed by atoms with Crippen molar-refractivity contribution in [3.8, 4) is 6.07 Å². The number of nitrogens with zero attached hydrogens (tertiary/aromatic N) is 3. The molecule has 0 aliphatic carbocycles. The van der Waals surface area contributed by atoms with E-state index in [0.29, 0.717) is 24.5 Å². The van der Waals surface area contributed by atoms with E-state index in [9.17, 15) is 14.9 Å². The van der Waals surface area contributed by atoms with E-state index in [1.54, 1.807) is 12.1 Å². The molecule has 0 radical (unpaired) electrons. The first-order valence-electron chi connectivity index (χ1n) is 11.6. The number of anilines is 2. The highest BCUT2D eigenvalue weighted by molar-refractivity contribution is 5.90. The lowest BCUT2D eigenvalue weighted by Gasteiger charge is -2.35. The molecule has 0 spiro atoms. The Morgan fingerprint density at radius 3 is 2.62 bits per heavy atom. The van der Waals surface area contributed by atoms with Crippen molar-refractivity contribution >= 4 is 23.4 Å². The minimum atomic E-state index is -0.552. The van der Waals surface area contributed by atoms with Gasteiger partial charge in [0.05, 0.1) is 36.5 Å². The van der Waals surface area contributed by atoms with Crippen molar-refractivity contribution < 1.29 is 18.7 Å². The first kappa shape index (κ1) is 23.6. The Balaban J connectivity index is 1.35. The van der Waals surface area contributed by atoms with Crippen LogP contribution < -0.4 is 15.1 Å². The number of ether oxygens (including phenoxy) is 1. The van der Waals surface area contributed by atoms with Crippen LogP contribution >= 0.6 is 0 Å². The van der Waals surface area contributed by atoms with Gasteiger partial charge in [0.25, 0.3) is 0 Å². The van der Waals surface area contributed by atoms with Gasteiger partial charge in [-0.05, 0) is 48.9 Å². The lowest BCUT2D eigenvalue weighted by molar-refractivity contribution is -0.119. The molecule has 1 N–H and O–H groups in total. The molecule has 0 saturated carbocycles. The molecule has 2 aromatic rings. The number of hydrogen-bond donors (Lipinski definition) is 1. The van der Waals surface area contributed by atoms with Gasteiger partial charge in [0.2, 0.25) is 5.91 Å². The molecule has 2 fully saturated rings. The predicted molar refractivity (Wildman–Crippen MR) is 127 cm³/mol. The van der Waals surface area contributed by atoms with Crippen LogP contribution in [0, 0.1) is 29.0 Å². The van der Waals surface area contributed by atoms with Crippen LogP contribution in [-0.2, 0) is 16.0 Å². The van der Waals surface area contributed by atoms with E-state index in [-0.39, 0.29) is 30.8 Å². The van der Waals surface area contributed by atoms with E-state index >= 15 is 4.39 Å². The Morgan fingerprint density at radius 2 is 1.97 bits per heavy atom. The smallest absolute Gasteiger partial charge is 0.414 e. The number of piperidine rings is 1. The largest absolute Gasteiger partial charge is 0.442 e. The van der Waals surface area contributed by atoms with E-state index in [2.05, 4.69) is 23.5 Å². The third-order valence-corrected chi connectivity index (χ3v) is 6.61. The van der Waals surface area contributed by atoms with Gasteiger partial charge in [0, 0.05) is 20.0 Å². The van der Waals surface area contributed by atoms with Crippen molar-refractivity contribution in [2.24, 2.45) is 11.8 Å². The maximum atomic E-state index is 15.0. The van der Waals surface area contributed by atoms with Crippen LogP contribution in [0.2, 0.25) is 0 Å². The summed E-state index contributed by atoms with van der Waals surface area (Å²) in [5.41, 5.74) is 2.10. The quantitative estimate of drug-likeness (QED) is 0.672. The molecule has 2 heterocycles. The normalized spacial score (nSPS) is 19.4. The van der Waals surface area contributed by atoms with Crippen LogP contribution in [0.5, 0.6) is 0 Å². The fourth-order valence-electron chi connectivity index (χ4n) is 4.74. The highest BCUT2D eigenvalue weighted by Crippen LogP contribution is 2.33. The number of benzene rings is 2. The van der Waals surface area contributed by atoms with E-state index in [4.69, 9.17) is 4.74 Å². The third kappa shape index (κ3) is 5.48. The van der Waals surface area contributed by atoms with E-state index in [1.807, 2.05) is 23.1 Å². The number of nitrogens with one attached hydrogen (secondary N) is 1. The molecule has 2 aromatic carbocycles. The molecule has 178 valence electrons. The summed E-state index contributed by atoms with van der Waals surface area (Å²) in [6, 6.07) is 17.3. The molecule has 2 atom stereocenters. The van der Waals surface area contributed by atoms with E-state index in [0.717, 1.165) is 24.8 Å². The topological polar surface area (TPSA) is 85.7 Å². The van der Waals surface area contributed by atoms with Crippen molar-refractivity contribution in [1.82, 2.24) is 5.32 Å². The van der Waals surface area contributed by atoms with Crippen molar-refractivity contribution in [1.29, 1.82) is 5.26 Å². The maximum absolute atomic E-state index is 15.0. The molecular weight excluding hydrogens is 435 g/mol. The van der Waals surface area contributed by atoms with E-state index < -0.39 is 18.0 Å². The lowest BCUT2D eigenvalue weighted by atomic mass is 9.81. The van der Waals surface area contributed by atoms with Crippen LogP contribution in [0.15, 0.2) is 48.5 Å². The average molecular weight is 465 g/mol. The van der Waals surface area contributed by atoms with Gasteiger partial charge in [-0.15, -0.1) is 0 Å². The molecule has 0 aromatic heterocycles. The number of carbonyl (C=O) groups is 2. The number of nitriles is 1.